The molecule has 0 saturated carbocycles. The van der Waals surface area contributed by atoms with E-state index in [1.165, 1.54) is 5.56 Å². The molecule has 1 aromatic carbocycles. The Morgan fingerprint density at radius 3 is 2.42 bits per heavy atom. The molecule has 1 aromatic rings. The number of benzene rings is 1. The van der Waals surface area contributed by atoms with Gasteiger partial charge in [0.2, 0.25) is 0 Å². The number of carbonyl (C=O) groups is 2. The van der Waals surface area contributed by atoms with Crippen LogP contribution in [0.15, 0.2) is 24.3 Å². The summed E-state index contributed by atoms with van der Waals surface area (Å²) < 4.78 is 10.7. The molecule has 1 amide bonds. The van der Waals surface area contributed by atoms with E-state index in [4.69, 9.17) is 14.6 Å². The van der Waals surface area contributed by atoms with Crippen LogP contribution in [0.25, 0.3) is 0 Å². The molecule has 0 radical (unpaired) electrons. The summed E-state index contributed by atoms with van der Waals surface area (Å²) in [4.78, 5) is 25.4. The number of hydrogen-bond acceptors (Lipinski definition) is 4. The highest BCUT2D eigenvalue weighted by Crippen LogP contribution is 2.27. The van der Waals surface area contributed by atoms with E-state index < -0.39 is 12.1 Å². The number of hydrogen-bond donors (Lipinski definition) is 1. The standard InChI is InChI=1S/C18H23NO5/c1-12-10-19(11-16(24-12)18(21)22)17(20)15-4-2-13(3-5-15)14-6-8-23-9-7-14/h2-5,12,14,16H,6-11H2,1H3,(H,21,22)/t12-,16-/m1/s1. The van der Waals surface area contributed by atoms with E-state index >= 15 is 0 Å². The summed E-state index contributed by atoms with van der Waals surface area (Å²) in [6.07, 6.45) is 0.771. The Labute approximate surface area is 141 Å². The summed E-state index contributed by atoms with van der Waals surface area (Å²) in [5, 5.41) is 9.13. The van der Waals surface area contributed by atoms with Crippen molar-refractivity contribution < 1.29 is 24.2 Å². The Bertz CT molecular complexity index is 594. The molecule has 0 unspecified atom stereocenters. The molecule has 2 aliphatic rings. The number of carbonyl (C=O) groups excluding carboxylic acids is 1. The van der Waals surface area contributed by atoms with Crippen LogP contribution < -0.4 is 0 Å². The number of amides is 1. The molecule has 2 aliphatic heterocycles. The highest BCUT2D eigenvalue weighted by Gasteiger charge is 2.33. The van der Waals surface area contributed by atoms with Gasteiger partial charge in [-0.15, -0.1) is 0 Å². The van der Waals surface area contributed by atoms with Gasteiger partial charge < -0.3 is 19.5 Å². The minimum atomic E-state index is -1.03. The summed E-state index contributed by atoms with van der Waals surface area (Å²) in [6, 6.07) is 7.68. The average molecular weight is 333 g/mol. The highest BCUT2D eigenvalue weighted by molar-refractivity contribution is 5.94. The molecule has 2 heterocycles. The van der Waals surface area contributed by atoms with Crippen LogP contribution in [0.3, 0.4) is 0 Å². The van der Waals surface area contributed by atoms with Crippen LogP contribution in [0.5, 0.6) is 0 Å². The van der Waals surface area contributed by atoms with Gasteiger partial charge in [-0.05, 0) is 43.4 Å². The van der Waals surface area contributed by atoms with Gasteiger partial charge in [0.15, 0.2) is 6.10 Å². The first-order chi connectivity index (χ1) is 11.5. The van der Waals surface area contributed by atoms with Crippen LogP contribution in [-0.2, 0) is 14.3 Å². The molecule has 6 nitrogen and oxygen atoms in total. The summed E-state index contributed by atoms with van der Waals surface area (Å²) in [6.45, 7) is 3.84. The SMILES string of the molecule is C[C@@H]1CN(C(=O)c2ccc(C3CCOCC3)cc2)C[C@H](C(=O)O)O1. The van der Waals surface area contributed by atoms with E-state index in [0.717, 1.165) is 26.1 Å². The van der Waals surface area contributed by atoms with E-state index in [0.29, 0.717) is 18.0 Å². The zero-order valence-electron chi connectivity index (χ0n) is 13.8. The number of ether oxygens (including phenoxy) is 2. The summed E-state index contributed by atoms with van der Waals surface area (Å²) >= 11 is 0. The fraction of sp³-hybridized carbons (Fsp3) is 0.556. The molecular formula is C18H23NO5. The minimum absolute atomic E-state index is 0.0836. The molecular weight excluding hydrogens is 310 g/mol. The molecule has 0 aliphatic carbocycles. The zero-order valence-corrected chi connectivity index (χ0v) is 13.8. The molecule has 1 N–H and O–H groups in total. The van der Waals surface area contributed by atoms with Crippen molar-refractivity contribution in [3.05, 3.63) is 35.4 Å². The van der Waals surface area contributed by atoms with Gasteiger partial charge in [0.1, 0.15) is 0 Å². The van der Waals surface area contributed by atoms with Crippen molar-refractivity contribution in [2.75, 3.05) is 26.3 Å². The van der Waals surface area contributed by atoms with Gasteiger partial charge in [-0.2, -0.15) is 0 Å². The van der Waals surface area contributed by atoms with Crippen LogP contribution >= 0.6 is 0 Å². The largest absolute Gasteiger partial charge is 0.479 e. The number of aliphatic carboxylic acids is 1. The first kappa shape index (κ1) is 16.9. The normalized spacial score (nSPS) is 25.5. The summed E-state index contributed by atoms with van der Waals surface area (Å²) in [5.74, 6) is -0.688. The van der Waals surface area contributed by atoms with Crippen molar-refractivity contribution >= 4 is 11.9 Å². The van der Waals surface area contributed by atoms with Gasteiger partial charge in [-0.3, -0.25) is 4.79 Å². The first-order valence-electron chi connectivity index (χ1n) is 8.40. The fourth-order valence-electron chi connectivity index (χ4n) is 3.37. The monoisotopic (exact) mass is 333 g/mol. The number of morpholine rings is 1. The minimum Gasteiger partial charge on any atom is -0.479 e. The molecule has 0 aromatic heterocycles. The number of carboxylic acids is 1. The maximum Gasteiger partial charge on any atom is 0.334 e. The maximum atomic E-state index is 12.7. The molecule has 0 spiro atoms. The third-order valence-electron chi connectivity index (χ3n) is 4.67. The van der Waals surface area contributed by atoms with E-state index in [1.54, 1.807) is 11.8 Å². The van der Waals surface area contributed by atoms with Gasteiger partial charge in [0.25, 0.3) is 5.91 Å². The Kier molecular flexibility index (Phi) is 5.16. The van der Waals surface area contributed by atoms with Crippen LogP contribution in [0, 0.1) is 0 Å². The van der Waals surface area contributed by atoms with E-state index in [2.05, 4.69) is 0 Å². The molecule has 24 heavy (non-hydrogen) atoms. The Balaban J connectivity index is 1.69. The van der Waals surface area contributed by atoms with Crippen LogP contribution in [-0.4, -0.2) is 60.4 Å². The third-order valence-corrected chi connectivity index (χ3v) is 4.67. The second kappa shape index (κ2) is 7.32. The first-order valence-corrected chi connectivity index (χ1v) is 8.40. The lowest BCUT2D eigenvalue weighted by atomic mass is 9.91. The Morgan fingerprint density at radius 1 is 1.12 bits per heavy atom. The van der Waals surface area contributed by atoms with E-state index in [9.17, 15) is 9.59 Å². The summed E-state index contributed by atoms with van der Waals surface area (Å²) in [7, 11) is 0. The van der Waals surface area contributed by atoms with Crippen molar-refractivity contribution in [2.24, 2.45) is 0 Å². The van der Waals surface area contributed by atoms with E-state index in [1.807, 2.05) is 24.3 Å². The molecule has 130 valence electrons. The van der Waals surface area contributed by atoms with Crippen molar-refractivity contribution in [1.82, 2.24) is 4.90 Å². The topological polar surface area (TPSA) is 76.1 Å². The lowest BCUT2D eigenvalue weighted by Crippen LogP contribution is -2.51. The molecule has 2 atom stereocenters. The van der Waals surface area contributed by atoms with Gasteiger partial charge in [0.05, 0.1) is 12.6 Å². The molecule has 2 fully saturated rings. The van der Waals surface area contributed by atoms with E-state index in [-0.39, 0.29) is 18.6 Å². The van der Waals surface area contributed by atoms with Gasteiger partial charge in [0, 0.05) is 25.3 Å². The smallest absolute Gasteiger partial charge is 0.334 e. The van der Waals surface area contributed by atoms with Crippen molar-refractivity contribution in [1.29, 1.82) is 0 Å². The molecule has 6 heteroatoms. The Hall–Kier alpha value is -1.92. The lowest BCUT2D eigenvalue weighted by Gasteiger charge is -2.35. The molecule has 0 bridgehead atoms. The maximum absolute atomic E-state index is 12.7. The number of carboxylic acid groups (broad SMARTS) is 1. The van der Waals surface area contributed by atoms with Gasteiger partial charge in [-0.1, -0.05) is 12.1 Å². The number of rotatable bonds is 3. The van der Waals surface area contributed by atoms with Crippen molar-refractivity contribution in [3.63, 3.8) is 0 Å². The van der Waals surface area contributed by atoms with Crippen LogP contribution in [0.1, 0.15) is 41.6 Å². The van der Waals surface area contributed by atoms with Crippen LogP contribution in [0.2, 0.25) is 0 Å². The lowest BCUT2D eigenvalue weighted by molar-refractivity contribution is -0.160. The number of nitrogens with zero attached hydrogens (tertiary/aromatic N) is 1. The average Bonchev–Trinajstić information content (AvgIpc) is 2.61. The summed E-state index contributed by atoms with van der Waals surface area (Å²) in [5.41, 5.74) is 1.82. The Morgan fingerprint density at radius 2 is 1.79 bits per heavy atom. The predicted molar refractivity (Wildman–Crippen MR) is 87.1 cm³/mol. The second-order valence-corrected chi connectivity index (χ2v) is 6.49. The van der Waals surface area contributed by atoms with Crippen molar-refractivity contribution in [2.45, 2.75) is 37.9 Å². The highest BCUT2D eigenvalue weighted by atomic mass is 16.5. The van der Waals surface area contributed by atoms with Crippen LogP contribution in [0.4, 0.5) is 0 Å². The van der Waals surface area contributed by atoms with Gasteiger partial charge in [-0.25, -0.2) is 4.79 Å². The fourth-order valence-corrected chi connectivity index (χ4v) is 3.37. The molecule has 3 rings (SSSR count). The van der Waals surface area contributed by atoms with Gasteiger partial charge >= 0.3 is 5.97 Å². The molecule has 2 saturated heterocycles. The second-order valence-electron chi connectivity index (χ2n) is 6.49. The zero-order chi connectivity index (χ0) is 17.1. The third kappa shape index (κ3) is 3.76. The quantitative estimate of drug-likeness (QED) is 0.914. The van der Waals surface area contributed by atoms with Crippen molar-refractivity contribution in [3.8, 4) is 0 Å². The predicted octanol–water partition coefficient (Wildman–Crippen LogP) is 1.89.